The first kappa shape index (κ1) is 18.2. The molecule has 1 saturated heterocycles. The van der Waals surface area contributed by atoms with Crippen molar-refractivity contribution in [1.82, 2.24) is 4.90 Å². The third kappa shape index (κ3) is 3.87. The van der Waals surface area contributed by atoms with Crippen molar-refractivity contribution in [2.75, 3.05) is 24.5 Å². The van der Waals surface area contributed by atoms with Gasteiger partial charge in [0.25, 0.3) is 0 Å². The van der Waals surface area contributed by atoms with Gasteiger partial charge in [-0.3, -0.25) is 9.69 Å². The molecule has 2 unspecified atom stereocenters. The number of benzene rings is 1. The highest BCUT2D eigenvalue weighted by Crippen LogP contribution is 2.32. The first-order chi connectivity index (χ1) is 10.6. The Hall–Kier alpha value is -1.10. The smallest absolute Gasteiger partial charge is 0.241 e. The van der Waals surface area contributed by atoms with Crippen LogP contribution >= 0.6 is 12.4 Å². The molecule has 0 aromatic heterocycles. The molecular formula is C18H28ClN3O. The third-order valence-electron chi connectivity index (χ3n) is 5.21. The van der Waals surface area contributed by atoms with E-state index in [9.17, 15) is 4.79 Å². The molecule has 0 saturated carbocycles. The van der Waals surface area contributed by atoms with Gasteiger partial charge in [-0.15, -0.1) is 12.4 Å². The molecule has 0 bridgehead atoms. The number of piperidine rings is 1. The Morgan fingerprint density at radius 1 is 1.30 bits per heavy atom. The summed E-state index contributed by atoms with van der Waals surface area (Å²) < 4.78 is 0. The highest BCUT2D eigenvalue weighted by atomic mass is 35.5. The van der Waals surface area contributed by atoms with Crippen molar-refractivity contribution in [2.45, 2.75) is 45.2 Å². The molecule has 128 valence electrons. The molecule has 1 fully saturated rings. The van der Waals surface area contributed by atoms with E-state index in [2.05, 4.69) is 36.9 Å². The van der Waals surface area contributed by atoms with Crippen molar-refractivity contribution in [2.24, 2.45) is 11.7 Å². The normalized spacial score (nSPS) is 23.3. The van der Waals surface area contributed by atoms with Gasteiger partial charge in [0.05, 0.1) is 6.54 Å². The van der Waals surface area contributed by atoms with Gasteiger partial charge in [0.15, 0.2) is 0 Å². The topological polar surface area (TPSA) is 49.6 Å². The molecule has 23 heavy (non-hydrogen) atoms. The summed E-state index contributed by atoms with van der Waals surface area (Å²) in [5, 5.41) is 0. The highest BCUT2D eigenvalue weighted by Gasteiger charge is 2.32. The van der Waals surface area contributed by atoms with Crippen LogP contribution in [0.5, 0.6) is 0 Å². The molecule has 5 heteroatoms. The molecule has 2 aliphatic rings. The zero-order valence-corrected chi connectivity index (χ0v) is 14.9. The summed E-state index contributed by atoms with van der Waals surface area (Å²) in [5.74, 6) is 0.842. The number of fused-ring (bicyclic) bond motifs is 1. The van der Waals surface area contributed by atoms with E-state index in [1.807, 2.05) is 11.0 Å². The molecule has 4 nitrogen and oxygen atoms in total. The lowest BCUT2D eigenvalue weighted by Crippen LogP contribution is -2.46. The fourth-order valence-electron chi connectivity index (χ4n) is 3.85. The lowest BCUT2D eigenvalue weighted by atomic mass is 9.91. The summed E-state index contributed by atoms with van der Waals surface area (Å²) in [4.78, 5) is 17.0. The second kappa shape index (κ2) is 7.65. The van der Waals surface area contributed by atoms with Crippen LogP contribution in [0.1, 0.15) is 32.3 Å². The number of hydrogen-bond acceptors (Lipinski definition) is 3. The van der Waals surface area contributed by atoms with E-state index in [0.29, 0.717) is 12.5 Å². The largest absolute Gasteiger partial charge is 0.328 e. The van der Waals surface area contributed by atoms with Crippen LogP contribution in [0.25, 0.3) is 0 Å². The van der Waals surface area contributed by atoms with Crippen molar-refractivity contribution in [1.29, 1.82) is 0 Å². The Balaban J connectivity index is 0.00000192. The minimum absolute atomic E-state index is 0. The van der Waals surface area contributed by atoms with Crippen LogP contribution in [-0.4, -0.2) is 42.5 Å². The van der Waals surface area contributed by atoms with Crippen LogP contribution in [-0.2, 0) is 11.2 Å². The SMILES string of the molecule is CC(N)C1CCN(CC(=O)N2c3ccccc3CC2C)CC1.Cl. The monoisotopic (exact) mass is 337 g/mol. The summed E-state index contributed by atoms with van der Waals surface area (Å²) in [6.45, 7) is 6.74. The molecule has 2 atom stereocenters. The number of rotatable bonds is 3. The Morgan fingerprint density at radius 3 is 2.61 bits per heavy atom. The van der Waals surface area contributed by atoms with Crippen LogP contribution in [0.2, 0.25) is 0 Å². The van der Waals surface area contributed by atoms with E-state index in [0.717, 1.165) is 38.0 Å². The number of nitrogens with zero attached hydrogens (tertiary/aromatic N) is 2. The molecule has 0 radical (unpaired) electrons. The van der Waals surface area contributed by atoms with Crippen molar-refractivity contribution in [3.05, 3.63) is 29.8 Å². The van der Waals surface area contributed by atoms with E-state index in [-0.39, 0.29) is 30.4 Å². The molecular weight excluding hydrogens is 310 g/mol. The molecule has 2 heterocycles. The molecule has 2 N–H and O–H groups in total. The number of amides is 1. The van der Waals surface area contributed by atoms with E-state index in [1.165, 1.54) is 5.56 Å². The number of nitrogens with two attached hydrogens (primary N) is 1. The van der Waals surface area contributed by atoms with Gasteiger partial charge in [0.1, 0.15) is 0 Å². The maximum absolute atomic E-state index is 12.8. The number of hydrogen-bond donors (Lipinski definition) is 1. The molecule has 3 rings (SSSR count). The minimum atomic E-state index is 0. The third-order valence-corrected chi connectivity index (χ3v) is 5.21. The maximum atomic E-state index is 12.8. The van der Waals surface area contributed by atoms with Gasteiger partial charge in [0, 0.05) is 17.8 Å². The second-order valence-corrected chi connectivity index (χ2v) is 6.92. The van der Waals surface area contributed by atoms with Gasteiger partial charge < -0.3 is 10.6 Å². The van der Waals surface area contributed by atoms with Crippen molar-refractivity contribution in [3.63, 3.8) is 0 Å². The zero-order valence-electron chi connectivity index (χ0n) is 14.1. The molecule has 2 aliphatic heterocycles. The molecule has 0 spiro atoms. The van der Waals surface area contributed by atoms with E-state index < -0.39 is 0 Å². The van der Waals surface area contributed by atoms with Crippen LogP contribution in [0.15, 0.2) is 24.3 Å². The average Bonchev–Trinajstić information content (AvgIpc) is 2.83. The average molecular weight is 338 g/mol. The van der Waals surface area contributed by atoms with Gasteiger partial charge in [-0.05, 0) is 63.7 Å². The molecule has 1 aromatic carbocycles. The standard InChI is InChI=1S/C18H27N3O.ClH/c1-13-11-16-5-3-4-6-17(16)21(13)18(22)12-20-9-7-15(8-10-20)14(2)19;/h3-6,13-15H,7-12,19H2,1-2H3;1H. The number of carbonyl (C=O) groups is 1. The Labute approximate surface area is 145 Å². The highest BCUT2D eigenvalue weighted by molar-refractivity contribution is 5.97. The number of para-hydroxylation sites is 1. The van der Waals surface area contributed by atoms with Crippen molar-refractivity contribution < 1.29 is 4.79 Å². The summed E-state index contributed by atoms with van der Waals surface area (Å²) in [7, 11) is 0. The quantitative estimate of drug-likeness (QED) is 0.921. The molecule has 0 aliphatic carbocycles. The van der Waals surface area contributed by atoms with Crippen LogP contribution in [0, 0.1) is 5.92 Å². The zero-order chi connectivity index (χ0) is 15.7. The predicted molar refractivity (Wildman–Crippen MR) is 97.2 cm³/mol. The fourth-order valence-corrected chi connectivity index (χ4v) is 3.85. The maximum Gasteiger partial charge on any atom is 0.241 e. The Morgan fingerprint density at radius 2 is 1.96 bits per heavy atom. The molecule has 1 aromatic rings. The lowest BCUT2D eigenvalue weighted by Gasteiger charge is -2.34. The van der Waals surface area contributed by atoms with E-state index >= 15 is 0 Å². The van der Waals surface area contributed by atoms with Crippen molar-refractivity contribution >= 4 is 24.0 Å². The summed E-state index contributed by atoms with van der Waals surface area (Å²) >= 11 is 0. The summed E-state index contributed by atoms with van der Waals surface area (Å²) in [6, 6.07) is 8.81. The number of carbonyl (C=O) groups excluding carboxylic acids is 1. The summed E-state index contributed by atoms with van der Waals surface area (Å²) in [5.41, 5.74) is 8.38. The first-order valence-corrected chi connectivity index (χ1v) is 8.44. The van der Waals surface area contributed by atoms with Crippen LogP contribution < -0.4 is 10.6 Å². The summed E-state index contributed by atoms with van der Waals surface area (Å²) in [6.07, 6.45) is 3.18. The Kier molecular flexibility index (Phi) is 6.06. The van der Waals surface area contributed by atoms with Crippen LogP contribution in [0.4, 0.5) is 5.69 Å². The Bertz CT molecular complexity index is 541. The number of halogens is 1. The molecule has 1 amide bonds. The van der Waals surface area contributed by atoms with Crippen LogP contribution in [0.3, 0.4) is 0 Å². The first-order valence-electron chi connectivity index (χ1n) is 8.44. The minimum Gasteiger partial charge on any atom is -0.328 e. The van der Waals surface area contributed by atoms with E-state index in [4.69, 9.17) is 5.73 Å². The number of likely N-dealkylation sites (tertiary alicyclic amines) is 1. The van der Waals surface area contributed by atoms with E-state index in [1.54, 1.807) is 0 Å². The van der Waals surface area contributed by atoms with Gasteiger partial charge in [-0.25, -0.2) is 0 Å². The van der Waals surface area contributed by atoms with Gasteiger partial charge >= 0.3 is 0 Å². The predicted octanol–water partition coefficient (Wildman–Crippen LogP) is 2.45. The van der Waals surface area contributed by atoms with Gasteiger partial charge in [-0.1, -0.05) is 18.2 Å². The fraction of sp³-hybridized carbons (Fsp3) is 0.611. The van der Waals surface area contributed by atoms with Gasteiger partial charge in [0.2, 0.25) is 5.91 Å². The van der Waals surface area contributed by atoms with Gasteiger partial charge in [-0.2, -0.15) is 0 Å². The van der Waals surface area contributed by atoms with Crippen molar-refractivity contribution in [3.8, 4) is 0 Å². The second-order valence-electron chi connectivity index (χ2n) is 6.92. The number of anilines is 1. The lowest BCUT2D eigenvalue weighted by molar-refractivity contribution is -0.120.